The van der Waals surface area contributed by atoms with E-state index in [-0.39, 0.29) is 23.2 Å². The molecule has 0 atom stereocenters. The summed E-state index contributed by atoms with van der Waals surface area (Å²) in [6.07, 6.45) is 0. The molecule has 4 aromatic carbocycles. The lowest BCUT2D eigenvalue weighted by molar-refractivity contribution is -0.112. The molecule has 39 heavy (non-hydrogen) atoms. The Hall–Kier alpha value is -5.30. The van der Waals surface area contributed by atoms with E-state index >= 15 is 0 Å². The normalized spacial score (nSPS) is 11.6. The topological polar surface area (TPSA) is 118 Å². The maximum atomic E-state index is 13.1. The summed E-state index contributed by atoms with van der Waals surface area (Å²) in [7, 11) is 0. The van der Waals surface area contributed by atoms with Crippen molar-refractivity contribution in [2.24, 2.45) is 0 Å². The maximum Gasteiger partial charge on any atom is 0.251 e. The molecule has 1 amide bonds. The van der Waals surface area contributed by atoms with Crippen LogP contribution in [0.25, 0.3) is 16.6 Å². The van der Waals surface area contributed by atoms with Gasteiger partial charge < -0.3 is 16.0 Å². The van der Waals surface area contributed by atoms with Crippen LogP contribution in [-0.2, 0) is 4.79 Å². The highest BCUT2D eigenvalue weighted by atomic mass is 16.2. The van der Waals surface area contributed by atoms with Crippen molar-refractivity contribution in [3.8, 4) is 0 Å². The van der Waals surface area contributed by atoms with Crippen molar-refractivity contribution in [3.63, 3.8) is 0 Å². The number of nitrogen functional groups attached to an aromatic ring is 1. The monoisotopic (exact) mass is 514 g/mol. The van der Waals surface area contributed by atoms with E-state index in [9.17, 15) is 14.4 Å². The van der Waals surface area contributed by atoms with Crippen LogP contribution >= 0.6 is 0 Å². The summed E-state index contributed by atoms with van der Waals surface area (Å²) in [4.78, 5) is 46.5. The molecule has 0 unspecified atom stereocenters. The molecule has 0 fully saturated rings. The number of hydrogen-bond donors (Lipinski definition) is 3. The third-order valence-corrected chi connectivity index (χ3v) is 6.64. The van der Waals surface area contributed by atoms with Crippen molar-refractivity contribution in [2.75, 3.05) is 11.1 Å². The van der Waals surface area contributed by atoms with Gasteiger partial charge in [-0.25, -0.2) is 4.98 Å². The molecule has 5 aromatic rings. The number of carbonyl (C=O) groups is 3. The molecule has 0 saturated carbocycles. The second kappa shape index (κ2) is 10.6. The van der Waals surface area contributed by atoms with Crippen molar-refractivity contribution in [1.82, 2.24) is 9.97 Å². The average molecular weight is 515 g/mol. The Labute approximate surface area is 225 Å². The summed E-state index contributed by atoms with van der Waals surface area (Å²) in [6.45, 7) is 3.50. The molecule has 0 aliphatic heterocycles. The first-order valence-electron chi connectivity index (χ1n) is 12.4. The number of nitrogens with two attached hydrogens (primary N) is 1. The number of H-pyrrole nitrogens is 1. The first kappa shape index (κ1) is 25.4. The predicted molar refractivity (Wildman–Crippen MR) is 154 cm³/mol. The van der Waals surface area contributed by atoms with E-state index in [0.29, 0.717) is 50.4 Å². The molecule has 0 bridgehead atoms. The van der Waals surface area contributed by atoms with Gasteiger partial charge in [-0.1, -0.05) is 60.7 Å². The Balaban J connectivity index is 1.35. The number of aromatic amines is 1. The lowest BCUT2D eigenvalue weighted by Gasteiger charge is -2.11. The van der Waals surface area contributed by atoms with Crippen LogP contribution < -0.4 is 11.1 Å². The van der Waals surface area contributed by atoms with Gasteiger partial charge >= 0.3 is 0 Å². The Morgan fingerprint density at radius 2 is 1.28 bits per heavy atom. The molecule has 0 aliphatic carbocycles. The van der Waals surface area contributed by atoms with E-state index in [1.807, 2.05) is 30.3 Å². The van der Waals surface area contributed by atoms with Crippen LogP contribution in [0.1, 0.15) is 51.5 Å². The summed E-state index contributed by atoms with van der Waals surface area (Å²) >= 11 is 0. The minimum atomic E-state index is -0.346. The van der Waals surface area contributed by atoms with Crippen molar-refractivity contribution in [3.05, 3.63) is 131 Å². The third kappa shape index (κ3) is 5.24. The molecule has 192 valence electrons. The number of nitrogens with one attached hydrogen (secondary N) is 2. The molecule has 5 rings (SSSR count). The van der Waals surface area contributed by atoms with Crippen LogP contribution in [0.3, 0.4) is 0 Å². The van der Waals surface area contributed by atoms with Crippen LogP contribution in [0, 0.1) is 0 Å². The summed E-state index contributed by atoms with van der Waals surface area (Å²) in [5, 5.41) is 2.82. The summed E-state index contributed by atoms with van der Waals surface area (Å²) < 4.78 is 0. The van der Waals surface area contributed by atoms with Gasteiger partial charge in [0.1, 0.15) is 5.82 Å². The molecule has 0 spiro atoms. The Morgan fingerprint density at radius 3 is 1.87 bits per heavy atom. The van der Waals surface area contributed by atoms with E-state index in [4.69, 9.17) is 5.73 Å². The Morgan fingerprint density at radius 1 is 0.718 bits per heavy atom. The Bertz CT molecular complexity index is 1750. The smallest absolute Gasteiger partial charge is 0.251 e. The minimum Gasteiger partial charge on any atom is -0.397 e. The van der Waals surface area contributed by atoms with Gasteiger partial charge in [-0.15, -0.1) is 0 Å². The highest BCUT2D eigenvalue weighted by molar-refractivity contribution is 6.12. The number of imidazole rings is 1. The van der Waals surface area contributed by atoms with Gasteiger partial charge in [-0.2, -0.15) is 0 Å². The van der Waals surface area contributed by atoms with Crippen LogP contribution in [0.5, 0.6) is 0 Å². The zero-order chi connectivity index (χ0) is 27.5. The average Bonchev–Trinajstić information content (AvgIpc) is 3.41. The van der Waals surface area contributed by atoms with E-state index < -0.39 is 0 Å². The minimum absolute atomic E-state index is 0.0843. The number of nitrogens with zero attached hydrogens (tertiary/aromatic N) is 1. The molecular formula is C32H26N4O3. The van der Waals surface area contributed by atoms with E-state index in [0.717, 1.165) is 5.52 Å². The van der Waals surface area contributed by atoms with Gasteiger partial charge in [0.15, 0.2) is 11.6 Å². The fourth-order valence-electron chi connectivity index (χ4n) is 4.22. The lowest BCUT2D eigenvalue weighted by Crippen LogP contribution is -2.15. The van der Waals surface area contributed by atoms with Crippen molar-refractivity contribution >= 4 is 45.5 Å². The van der Waals surface area contributed by atoms with Crippen molar-refractivity contribution in [2.45, 2.75) is 13.8 Å². The van der Waals surface area contributed by atoms with E-state index in [2.05, 4.69) is 15.3 Å². The zero-order valence-electron chi connectivity index (χ0n) is 21.5. The van der Waals surface area contributed by atoms with Gasteiger partial charge in [0.2, 0.25) is 0 Å². The van der Waals surface area contributed by atoms with Crippen LogP contribution in [0.15, 0.2) is 103 Å². The number of aromatic nitrogens is 2. The number of allylic oxidation sites excluding steroid dienone is 1. The van der Waals surface area contributed by atoms with Crippen LogP contribution in [0.2, 0.25) is 0 Å². The van der Waals surface area contributed by atoms with Gasteiger partial charge in [-0.05, 0) is 50.2 Å². The quantitative estimate of drug-likeness (QED) is 0.139. The number of benzene rings is 4. The number of rotatable bonds is 7. The van der Waals surface area contributed by atoms with Crippen molar-refractivity contribution in [1.29, 1.82) is 0 Å². The number of fused-ring (bicyclic) bond motifs is 1. The molecule has 0 saturated heterocycles. The van der Waals surface area contributed by atoms with E-state index in [1.54, 1.807) is 80.6 Å². The molecule has 7 nitrogen and oxygen atoms in total. The van der Waals surface area contributed by atoms with Crippen LogP contribution in [0.4, 0.5) is 11.4 Å². The Kier molecular flexibility index (Phi) is 6.89. The fraction of sp³-hybridized carbons (Fsp3) is 0.0625. The second-order valence-electron chi connectivity index (χ2n) is 9.21. The predicted octanol–water partition coefficient (Wildman–Crippen LogP) is 6.04. The highest BCUT2D eigenvalue weighted by Crippen LogP contribution is 2.25. The van der Waals surface area contributed by atoms with Crippen LogP contribution in [-0.4, -0.2) is 27.4 Å². The van der Waals surface area contributed by atoms with Gasteiger partial charge in [0.05, 0.1) is 22.4 Å². The molecular weight excluding hydrogens is 488 g/mol. The summed E-state index contributed by atoms with van der Waals surface area (Å²) in [6, 6.07) is 28.1. The number of ketones is 2. The number of amides is 1. The first-order valence-corrected chi connectivity index (χ1v) is 12.4. The molecule has 1 heterocycles. The highest BCUT2D eigenvalue weighted by Gasteiger charge is 2.17. The van der Waals surface area contributed by atoms with E-state index in [1.165, 1.54) is 0 Å². The SMILES string of the molecule is CC(C(=O)Nc1ccc(C(=O)c2ccccc2)cc1N)=C(C)c1nc2cc(C(=O)c3ccccc3)ccc2[nH]1. The van der Waals surface area contributed by atoms with Gasteiger partial charge in [0.25, 0.3) is 5.91 Å². The first-order chi connectivity index (χ1) is 18.8. The lowest BCUT2D eigenvalue weighted by atomic mass is 10.0. The van der Waals surface area contributed by atoms with Gasteiger partial charge in [-0.3, -0.25) is 14.4 Å². The molecule has 0 radical (unpaired) electrons. The summed E-state index contributed by atoms with van der Waals surface area (Å²) in [5.74, 6) is -0.0509. The molecule has 1 aromatic heterocycles. The second-order valence-corrected chi connectivity index (χ2v) is 9.21. The summed E-state index contributed by atoms with van der Waals surface area (Å²) in [5.41, 5.74) is 11.5. The zero-order valence-corrected chi connectivity index (χ0v) is 21.5. The number of anilines is 2. The van der Waals surface area contributed by atoms with Gasteiger partial charge in [0, 0.05) is 33.4 Å². The molecule has 7 heteroatoms. The molecule has 0 aliphatic rings. The molecule has 4 N–H and O–H groups in total. The number of carbonyl (C=O) groups excluding carboxylic acids is 3. The largest absolute Gasteiger partial charge is 0.397 e. The standard InChI is InChI=1S/C32H26N4O3/c1-19(31-34-27-16-14-24(18-28(27)35-31)30(38)22-11-7-4-8-12-22)20(2)32(39)36-26-15-13-23(17-25(26)33)29(37)21-9-5-3-6-10-21/h3-18H,33H2,1-2H3,(H,34,35)(H,36,39). The van der Waals surface area contributed by atoms with Crippen molar-refractivity contribution < 1.29 is 14.4 Å². The third-order valence-electron chi connectivity index (χ3n) is 6.64. The fourth-order valence-corrected chi connectivity index (χ4v) is 4.22. The maximum absolute atomic E-state index is 13.1. The number of hydrogen-bond acceptors (Lipinski definition) is 5.